The van der Waals surface area contributed by atoms with Gasteiger partial charge in [0, 0.05) is 47.9 Å². The highest BCUT2D eigenvalue weighted by molar-refractivity contribution is 9.10. The van der Waals surface area contributed by atoms with Gasteiger partial charge in [-0.05, 0) is 31.9 Å². The van der Waals surface area contributed by atoms with Crippen molar-refractivity contribution in [2.24, 2.45) is 0 Å². The summed E-state index contributed by atoms with van der Waals surface area (Å²) in [5, 5.41) is 9.92. The molecule has 1 aliphatic carbocycles. The van der Waals surface area contributed by atoms with Gasteiger partial charge in [-0.15, -0.1) is 0 Å². The standard InChI is InChI=1S/C15H21BrN2O/c1-11(19)14-5-2-12(16)10-15(14)18-8-6-17(7-9-18)13-3-4-13/h2,5,10-11,13,19H,3-4,6-9H2,1H3. The molecule has 1 aromatic rings. The van der Waals surface area contributed by atoms with Crippen molar-refractivity contribution in [1.82, 2.24) is 4.90 Å². The summed E-state index contributed by atoms with van der Waals surface area (Å²) >= 11 is 3.54. The van der Waals surface area contributed by atoms with Crippen molar-refractivity contribution in [3.8, 4) is 0 Å². The summed E-state index contributed by atoms with van der Waals surface area (Å²) < 4.78 is 1.08. The van der Waals surface area contributed by atoms with Crippen molar-refractivity contribution < 1.29 is 5.11 Å². The molecule has 1 saturated carbocycles. The molecule has 2 fully saturated rings. The van der Waals surface area contributed by atoms with Crippen molar-refractivity contribution in [1.29, 1.82) is 0 Å². The van der Waals surface area contributed by atoms with Gasteiger partial charge in [0.2, 0.25) is 0 Å². The molecular formula is C15H21BrN2O. The zero-order valence-corrected chi connectivity index (χ0v) is 12.9. The van der Waals surface area contributed by atoms with E-state index in [1.54, 1.807) is 0 Å². The molecule has 1 aliphatic heterocycles. The predicted molar refractivity (Wildman–Crippen MR) is 81.6 cm³/mol. The lowest BCUT2D eigenvalue weighted by molar-refractivity contribution is 0.198. The van der Waals surface area contributed by atoms with E-state index in [0.717, 1.165) is 42.3 Å². The molecule has 1 N–H and O–H groups in total. The molecule has 0 bridgehead atoms. The number of piperazine rings is 1. The predicted octanol–water partition coefficient (Wildman–Crippen LogP) is 2.79. The maximum absolute atomic E-state index is 9.92. The molecule has 104 valence electrons. The van der Waals surface area contributed by atoms with Gasteiger partial charge in [-0.25, -0.2) is 0 Å². The molecule has 2 aliphatic rings. The van der Waals surface area contributed by atoms with Crippen LogP contribution in [-0.2, 0) is 0 Å². The second-order valence-corrected chi connectivity index (χ2v) is 6.55. The number of rotatable bonds is 3. The molecule has 4 heteroatoms. The number of halogens is 1. The second-order valence-electron chi connectivity index (χ2n) is 5.63. The van der Waals surface area contributed by atoms with Crippen molar-refractivity contribution in [3.63, 3.8) is 0 Å². The molecule has 1 atom stereocenters. The summed E-state index contributed by atoms with van der Waals surface area (Å²) in [6.45, 7) is 6.26. The Balaban J connectivity index is 1.76. The minimum Gasteiger partial charge on any atom is -0.389 e. The fourth-order valence-corrected chi connectivity index (χ4v) is 3.26. The summed E-state index contributed by atoms with van der Waals surface area (Å²) in [6, 6.07) is 7.03. The van der Waals surface area contributed by atoms with E-state index in [4.69, 9.17) is 0 Å². The molecule has 1 unspecified atom stereocenters. The van der Waals surface area contributed by atoms with Gasteiger partial charge >= 0.3 is 0 Å². The van der Waals surface area contributed by atoms with Crippen molar-refractivity contribution in [2.75, 3.05) is 31.1 Å². The lowest BCUT2D eigenvalue weighted by Crippen LogP contribution is -2.47. The monoisotopic (exact) mass is 324 g/mol. The Labute approximate surface area is 123 Å². The quantitative estimate of drug-likeness (QED) is 0.926. The molecule has 1 saturated heterocycles. The number of nitrogens with zero attached hydrogens (tertiary/aromatic N) is 2. The van der Waals surface area contributed by atoms with E-state index in [2.05, 4.69) is 31.8 Å². The highest BCUT2D eigenvalue weighted by Gasteiger charge is 2.31. The minimum atomic E-state index is -0.412. The van der Waals surface area contributed by atoms with Gasteiger partial charge in [-0.1, -0.05) is 22.0 Å². The first-order valence-corrected chi connectivity index (χ1v) is 7.91. The van der Waals surface area contributed by atoms with E-state index < -0.39 is 6.10 Å². The van der Waals surface area contributed by atoms with E-state index >= 15 is 0 Å². The van der Waals surface area contributed by atoms with Crippen LogP contribution in [-0.4, -0.2) is 42.2 Å². The Morgan fingerprint density at radius 3 is 2.47 bits per heavy atom. The van der Waals surface area contributed by atoms with Crippen LogP contribution in [0.4, 0.5) is 5.69 Å². The van der Waals surface area contributed by atoms with Crippen LogP contribution in [0.3, 0.4) is 0 Å². The van der Waals surface area contributed by atoms with Crippen LogP contribution >= 0.6 is 15.9 Å². The van der Waals surface area contributed by atoms with Crippen LogP contribution in [0.5, 0.6) is 0 Å². The van der Waals surface area contributed by atoms with Crippen molar-refractivity contribution in [3.05, 3.63) is 28.2 Å². The molecular weight excluding hydrogens is 304 g/mol. The molecule has 0 aromatic heterocycles. The summed E-state index contributed by atoms with van der Waals surface area (Å²) in [6.07, 6.45) is 2.36. The number of anilines is 1. The second kappa shape index (κ2) is 5.43. The molecule has 19 heavy (non-hydrogen) atoms. The highest BCUT2D eigenvalue weighted by Crippen LogP contribution is 2.32. The van der Waals surface area contributed by atoms with E-state index in [1.807, 2.05) is 19.1 Å². The first-order chi connectivity index (χ1) is 9.15. The van der Waals surface area contributed by atoms with Gasteiger partial charge in [0.1, 0.15) is 0 Å². The molecule has 3 rings (SSSR count). The zero-order chi connectivity index (χ0) is 13.4. The highest BCUT2D eigenvalue weighted by atomic mass is 79.9. The average Bonchev–Trinajstić information content (AvgIpc) is 3.23. The van der Waals surface area contributed by atoms with Gasteiger partial charge in [-0.3, -0.25) is 4.90 Å². The fraction of sp³-hybridized carbons (Fsp3) is 0.600. The van der Waals surface area contributed by atoms with Gasteiger partial charge in [0.15, 0.2) is 0 Å². The zero-order valence-electron chi connectivity index (χ0n) is 11.3. The third-order valence-corrected chi connectivity index (χ3v) is 4.65. The molecule has 1 aromatic carbocycles. The van der Waals surface area contributed by atoms with E-state index in [-0.39, 0.29) is 0 Å². The molecule has 3 nitrogen and oxygen atoms in total. The van der Waals surface area contributed by atoms with Gasteiger partial charge in [-0.2, -0.15) is 0 Å². The van der Waals surface area contributed by atoms with E-state index in [0.29, 0.717) is 0 Å². The maximum atomic E-state index is 9.92. The van der Waals surface area contributed by atoms with Crippen LogP contribution < -0.4 is 4.90 Å². The summed E-state index contributed by atoms with van der Waals surface area (Å²) in [5.41, 5.74) is 2.21. The molecule has 0 spiro atoms. The Morgan fingerprint density at radius 1 is 1.21 bits per heavy atom. The molecule has 0 radical (unpaired) electrons. The first kappa shape index (κ1) is 13.4. The Bertz CT molecular complexity index is 451. The largest absolute Gasteiger partial charge is 0.389 e. The first-order valence-electron chi connectivity index (χ1n) is 7.11. The third-order valence-electron chi connectivity index (χ3n) is 4.16. The SMILES string of the molecule is CC(O)c1ccc(Br)cc1N1CCN(C2CC2)CC1. The van der Waals surface area contributed by atoms with Gasteiger partial charge in [0.25, 0.3) is 0 Å². The van der Waals surface area contributed by atoms with Crippen LogP contribution in [0.2, 0.25) is 0 Å². The fourth-order valence-electron chi connectivity index (χ4n) is 2.91. The van der Waals surface area contributed by atoms with Crippen molar-refractivity contribution >= 4 is 21.6 Å². The third kappa shape index (κ3) is 2.96. The van der Waals surface area contributed by atoms with Gasteiger partial charge in [0.05, 0.1) is 6.10 Å². The summed E-state index contributed by atoms with van der Waals surface area (Å²) in [7, 11) is 0. The average molecular weight is 325 g/mol. The summed E-state index contributed by atoms with van der Waals surface area (Å²) in [5.74, 6) is 0. The van der Waals surface area contributed by atoms with Crippen LogP contribution in [0.15, 0.2) is 22.7 Å². The number of aliphatic hydroxyl groups is 1. The summed E-state index contributed by atoms with van der Waals surface area (Å²) in [4.78, 5) is 5.02. The smallest absolute Gasteiger partial charge is 0.0782 e. The molecule has 0 amide bonds. The van der Waals surface area contributed by atoms with Crippen LogP contribution in [0.25, 0.3) is 0 Å². The van der Waals surface area contributed by atoms with Crippen LogP contribution in [0, 0.1) is 0 Å². The normalized spacial score (nSPS) is 22.6. The topological polar surface area (TPSA) is 26.7 Å². The van der Waals surface area contributed by atoms with E-state index in [9.17, 15) is 5.11 Å². The number of hydrogen-bond acceptors (Lipinski definition) is 3. The number of aliphatic hydroxyl groups excluding tert-OH is 1. The number of benzene rings is 1. The lowest BCUT2D eigenvalue weighted by atomic mass is 10.1. The maximum Gasteiger partial charge on any atom is 0.0782 e. The Morgan fingerprint density at radius 2 is 1.89 bits per heavy atom. The Hall–Kier alpha value is -0.580. The Kier molecular flexibility index (Phi) is 3.83. The van der Waals surface area contributed by atoms with Gasteiger partial charge < -0.3 is 10.0 Å². The lowest BCUT2D eigenvalue weighted by Gasteiger charge is -2.37. The van der Waals surface area contributed by atoms with E-state index in [1.165, 1.54) is 18.5 Å². The minimum absolute atomic E-state index is 0.412. The van der Waals surface area contributed by atoms with Crippen LogP contribution in [0.1, 0.15) is 31.4 Å². The number of hydrogen-bond donors (Lipinski definition) is 1. The van der Waals surface area contributed by atoms with Crippen molar-refractivity contribution in [2.45, 2.75) is 31.9 Å². The molecule has 1 heterocycles.